The van der Waals surface area contributed by atoms with Crippen molar-refractivity contribution in [2.45, 2.75) is 11.4 Å². The van der Waals surface area contributed by atoms with Gasteiger partial charge in [0.2, 0.25) is 20.0 Å². The molecular formula is C25H27Cl2N3O6S2. The van der Waals surface area contributed by atoms with E-state index >= 15 is 0 Å². The van der Waals surface area contributed by atoms with Gasteiger partial charge in [-0.05, 0) is 60.7 Å². The van der Waals surface area contributed by atoms with Gasteiger partial charge in [-0.2, -0.15) is 0 Å². The third-order valence-electron chi connectivity index (χ3n) is 5.44. The van der Waals surface area contributed by atoms with E-state index in [9.17, 15) is 21.6 Å². The van der Waals surface area contributed by atoms with Crippen LogP contribution < -0.4 is 14.4 Å². The first kappa shape index (κ1) is 29.7. The Labute approximate surface area is 233 Å². The highest BCUT2D eigenvalue weighted by Gasteiger charge is 2.21. The Kier molecular flexibility index (Phi) is 9.66. The minimum Gasteiger partial charge on any atom is -0.492 e. The van der Waals surface area contributed by atoms with Crippen LogP contribution in [0.2, 0.25) is 10.0 Å². The number of carbonyl (C=O) groups is 1. The number of ether oxygens (including phenoxy) is 1. The number of rotatable bonds is 11. The lowest BCUT2D eigenvalue weighted by Crippen LogP contribution is -2.30. The predicted molar refractivity (Wildman–Crippen MR) is 149 cm³/mol. The molecule has 0 unspecified atom stereocenters. The molecule has 0 heterocycles. The first-order chi connectivity index (χ1) is 17.8. The zero-order valence-electron chi connectivity index (χ0n) is 20.9. The van der Waals surface area contributed by atoms with Gasteiger partial charge < -0.3 is 10.1 Å². The standard InChI is InChI=1S/C25H27Cl2N3O6S2/c1-29(2)38(34,35)21-13-11-20(12-14-21)36-16-15-28-25(31)18-7-9-19(10-8-18)30(37(3,32)33)17-22-23(26)5-4-6-24(22)27/h4-14H,15-17H2,1-3H3,(H,28,31). The number of hydrogen-bond acceptors (Lipinski definition) is 6. The molecule has 0 aliphatic heterocycles. The summed E-state index contributed by atoms with van der Waals surface area (Å²) in [5.41, 5.74) is 1.15. The van der Waals surface area contributed by atoms with Gasteiger partial charge in [0, 0.05) is 35.3 Å². The Morgan fingerprint density at radius 1 is 0.895 bits per heavy atom. The molecule has 1 N–H and O–H groups in total. The number of carbonyl (C=O) groups excluding carboxylic acids is 1. The lowest BCUT2D eigenvalue weighted by Gasteiger charge is -2.23. The fourth-order valence-electron chi connectivity index (χ4n) is 3.36. The van der Waals surface area contributed by atoms with Crippen LogP contribution in [0.3, 0.4) is 0 Å². The summed E-state index contributed by atoms with van der Waals surface area (Å²) in [5.74, 6) is 0.0911. The molecule has 0 atom stereocenters. The number of halogens is 2. The van der Waals surface area contributed by atoms with Crippen LogP contribution >= 0.6 is 23.2 Å². The van der Waals surface area contributed by atoms with Crippen molar-refractivity contribution in [2.24, 2.45) is 0 Å². The van der Waals surface area contributed by atoms with Gasteiger partial charge in [0.05, 0.1) is 29.9 Å². The Bertz CT molecular complexity index is 1470. The quantitative estimate of drug-likeness (QED) is 0.333. The van der Waals surface area contributed by atoms with Crippen molar-refractivity contribution in [2.75, 3.05) is 37.8 Å². The molecule has 3 aromatic carbocycles. The number of amides is 1. The summed E-state index contributed by atoms with van der Waals surface area (Å²) in [4.78, 5) is 12.7. The second-order valence-corrected chi connectivity index (χ2v) is 13.3. The Morgan fingerprint density at radius 2 is 1.47 bits per heavy atom. The second kappa shape index (κ2) is 12.4. The molecule has 38 heavy (non-hydrogen) atoms. The van der Waals surface area contributed by atoms with Crippen LogP contribution in [0, 0.1) is 0 Å². The molecule has 3 aromatic rings. The van der Waals surface area contributed by atoms with Gasteiger partial charge in [-0.3, -0.25) is 9.10 Å². The summed E-state index contributed by atoms with van der Waals surface area (Å²) in [7, 11) is -4.30. The number of sulfonamides is 2. The number of nitrogens with one attached hydrogen (secondary N) is 1. The van der Waals surface area contributed by atoms with Crippen LogP contribution in [0.5, 0.6) is 5.75 Å². The Balaban J connectivity index is 1.59. The van der Waals surface area contributed by atoms with Gasteiger partial charge in [-0.1, -0.05) is 29.3 Å². The van der Waals surface area contributed by atoms with E-state index in [0.717, 1.165) is 14.9 Å². The van der Waals surface area contributed by atoms with Crippen LogP contribution in [0.1, 0.15) is 15.9 Å². The third kappa shape index (κ3) is 7.39. The molecule has 13 heteroatoms. The van der Waals surface area contributed by atoms with Crippen molar-refractivity contribution >= 4 is 54.8 Å². The van der Waals surface area contributed by atoms with Crippen molar-refractivity contribution < 1.29 is 26.4 Å². The van der Waals surface area contributed by atoms with Crippen molar-refractivity contribution in [3.8, 4) is 5.75 Å². The Morgan fingerprint density at radius 3 is 2.00 bits per heavy atom. The summed E-state index contributed by atoms with van der Waals surface area (Å²) >= 11 is 12.4. The highest BCUT2D eigenvalue weighted by molar-refractivity contribution is 7.92. The molecule has 0 spiro atoms. The lowest BCUT2D eigenvalue weighted by atomic mass is 10.1. The van der Waals surface area contributed by atoms with Crippen LogP contribution in [0.4, 0.5) is 5.69 Å². The highest BCUT2D eigenvalue weighted by Crippen LogP contribution is 2.29. The number of benzene rings is 3. The zero-order chi connectivity index (χ0) is 28.1. The maximum atomic E-state index is 12.5. The molecule has 204 valence electrons. The summed E-state index contributed by atoms with van der Waals surface area (Å²) in [6.45, 7) is 0.283. The molecule has 0 aliphatic carbocycles. The molecule has 0 aromatic heterocycles. The third-order valence-corrected chi connectivity index (χ3v) is 9.12. The van der Waals surface area contributed by atoms with Crippen LogP contribution in [-0.2, 0) is 26.6 Å². The largest absolute Gasteiger partial charge is 0.492 e. The number of nitrogens with zero attached hydrogens (tertiary/aromatic N) is 2. The fourth-order valence-corrected chi connectivity index (χ4v) is 5.65. The summed E-state index contributed by atoms with van der Waals surface area (Å²) in [6.07, 6.45) is 1.08. The van der Waals surface area contributed by atoms with E-state index in [0.29, 0.717) is 32.6 Å². The first-order valence-corrected chi connectivity index (χ1v) is 15.3. The molecule has 9 nitrogen and oxygen atoms in total. The number of anilines is 1. The Hall–Kier alpha value is -2.83. The van der Waals surface area contributed by atoms with Gasteiger partial charge in [-0.25, -0.2) is 21.1 Å². The van der Waals surface area contributed by atoms with Crippen molar-refractivity contribution in [1.29, 1.82) is 0 Å². The molecule has 0 bridgehead atoms. The summed E-state index contributed by atoms with van der Waals surface area (Å²) < 4.78 is 57.1. The van der Waals surface area contributed by atoms with Gasteiger partial charge in [0.15, 0.2) is 0 Å². The fraction of sp³-hybridized carbons (Fsp3) is 0.240. The zero-order valence-corrected chi connectivity index (χ0v) is 24.0. The van der Waals surface area contributed by atoms with Crippen LogP contribution in [0.15, 0.2) is 71.6 Å². The van der Waals surface area contributed by atoms with Crippen LogP contribution in [0.25, 0.3) is 0 Å². The minimum atomic E-state index is -3.68. The lowest BCUT2D eigenvalue weighted by molar-refractivity contribution is 0.0947. The van der Waals surface area contributed by atoms with Crippen molar-refractivity contribution in [3.05, 3.63) is 87.9 Å². The molecule has 1 amide bonds. The van der Waals surface area contributed by atoms with Crippen molar-refractivity contribution in [1.82, 2.24) is 9.62 Å². The molecule has 0 aliphatic rings. The molecular weight excluding hydrogens is 573 g/mol. The molecule has 0 saturated heterocycles. The predicted octanol–water partition coefficient (Wildman–Crippen LogP) is 4.02. The molecule has 3 rings (SSSR count). The van der Waals surface area contributed by atoms with E-state index in [4.69, 9.17) is 27.9 Å². The van der Waals surface area contributed by atoms with Gasteiger partial charge in [-0.15, -0.1) is 0 Å². The summed E-state index contributed by atoms with van der Waals surface area (Å²) in [5, 5.41) is 3.41. The topological polar surface area (TPSA) is 113 Å². The van der Waals surface area contributed by atoms with Gasteiger partial charge in [0.25, 0.3) is 5.91 Å². The minimum absolute atomic E-state index is 0.0672. The van der Waals surface area contributed by atoms with Gasteiger partial charge >= 0.3 is 0 Å². The van der Waals surface area contributed by atoms with E-state index in [1.165, 1.54) is 50.5 Å². The first-order valence-electron chi connectivity index (χ1n) is 11.2. The SMILES string of the molecule is CN(C)S(=O)(=O)c1ccc(OCCNC(=O)c2ccc(N(Cc3c(Cl)cccc3Cl)S(C)(=O)=O)cc2)cc1. The van der Waals surface area contributed by atoms with Crippen LogP contribution in [-0.4, -0.2) is 60.6 Å². The second-order valence-electron chi connectivity index (χ2n) is 8.38. The average Bonchev–Trinajstić information content (AvgIpc) is 2.86. The van der Waals surface area contributed by atoms with E-state index in [-0.39, 0.29) is 30.5 Å². The highest BCUT2D eigenvalue weighted by atomic mass is 35.5. The monoisotopic (exact) mass is 599 g/mol. The maximum absolute atomic E-state index is 12.5. The van der Waals surface area contributed by atoms with E-state index in [2.05, 4.69) is 5.32 Å². The van der Waals surface area contributed by atoms with E-state index in [1.807, 2.05) is 0 Å². The van der Waals surface area contributed by atoms with Gasteiger partial charge in [0.1, 0.15) is 12.4 Å². The van der Waals surface area contributed by atoms with Crippen molar-refractivity contribution in [3.63, 3.8) is 0 Å². The molecule has 0 fully saturated rings. The average molecular weight is 601 g/mol. The van der Waals surface area contributed by atoms with E-state index < -0.39 is 20.0 Å². The molecule has 0 radical (unpaired) electrons. The normalized spacial score (nSPS) is 11.8. The van der Waals surface area contributed by atoms with E-state index in [1.54, 1.807) is 30.3 Å². The summed E-state index contributed by atoms with van der Waals surface area (Å²) in [6, 6.07) is 17.0. The number of hydrogen-bond donors (Lipinski definition) is 1. The molecule has 0 saturated carbocycles. The smallest absolute Gasteiger partial charge is 0.251 e. The maximum Gasteiger partial charge on any atom is 0.251 e.